The minimum Gasteiger partial charge on any atom is -0.491 e. The number of hydrogen-bond acceptors (Lipinski definition) is 3. The Hall–Kier alpha value is -2.37. The van der Waals surface area contributed by atoms with Crippen molar-refractivity contribution in [3.63, 3.8) is 0 Å². The highest BCUT2D eigenvalue weighted by Crippen LogP contribution is 2.25. The summed E-state index contributed by atoms with van der Waals surface area (Å²) in [7, 11) is 0. The van der Waals surface area contributed by atoms with Gasteiger partial charge in [-0.3, -0.25) is 4.90 Å². The number of nitrogens with zero attached hydrogens (tertiary/aromatic N) is 1. The summed E-state index contributed by atoms with van der Waals surface area (Å²) in [5.74, 6) is 0.285. The molecule has 5 heteroatoms. The van der Waals surface area contributed by atoms with Crippen molar-refractivity contribution in [2.24, 2.45) is 0 Å². The van der Waals surface area contributed by atoms with E-state index in [1.54, 1.807) is 12.1 Å². The molecule has 1 fully saturated rings. The fraction of sp³-hybridized carbons (Fsp3) is 0.333. The summed E-state index contributed by atoms with van der Waals surface area (Å²) in [5, 5.41) is 12.1. The molecule has 0 amide bonds. The van der Waals surface area contributed by atoms with Gasteiger partial charge < -0.3 is 14.8 Å². The first-order chi connectivity index (χ1) is 12.6. The third-order valence-corrected chi connectivity index (χ3v) is 4.98. The van der Waals surface area contributed by atoms with Crippen LogP contribution in [0.25, 0.3) is 10.9 Å². The van der Waals surface area contributed by atoms with E-state index in [1.807, 2.05) is 6.20 Å². The molecule has 1 unspecified atom stereocenters. The van der Waals surface area contributed by atoms with E-state index in [-0.39, 0.29) is 12.4 Å². The Morgan fingerprint density at radius 2 is 2.00 bits per heavy atom. The fourth-order valence-electron chi connectivity index (χ4n) is 3.66. The Morgan fingerprint density at radius 3 is 2.85 bits per heavy atom. The molecule has 0 bridgehead atoms. The smallest absolute Gasteiger partial charge is 0.123 e. The number of aliphatic hydroxyl groups is 1. The predicted molar refractivity (Wildman–Crippen MR) is 99.7 cm³/mol. The topological polar surface area (TPSA) is 48.5 Å². The van der Waals surface area contributed by atoms with Gasteiger partial charge >= 0.3 is 0 Å². The molecular weight excluding hydrogens is 331 g/mol. The van der Waals surface area contributed by atoms with Crippen LogP contribution in [0.1, 0.15) is 18.4 Å². The maximum Gasteiger partial charge on any atom is 0.123 e. The van der Waals surface area contributed by atoms with E-state index in [1.165, 1.54) is 23.1 Å². The molecule has 0 spiro atoms. The van der Waals surface area contributed by atoms with E-state index < -0.39 is 5.60 Å². The lowest BCUT2D eigenvalue weighted by Gasteiger charge is -2.39. The summed E-state index contributed by atoms with van der Waals surface area (Å²) < 4.78 is 18.7. The highest BCUT2D eigenvalue weighted by molar-refractivity contribution is 5.79. The van der Waals surface area contributed by atoms with Crippen molar-refractivity contribution >= 4 is 10.9 Å². The Kier molecular flexibility index (Phi) is 4.66. The van der Waals surface area contributed by atoms with Gasteiger partial charge in [0.25, 0.3) is 0 Å². The summed E-state index contributed by atoms with van der Waals surface area (Å²) in [4.78, 5) is 5.51. The lowest BCUT2D eigenvalue weighted by atomic mass is 9.93. The highest BCUT2D eigenvalue weighted by atomic mass is 19.1. The van der Waals surface area contributed by atoms with Crippen LogP contribution in [0.5, 0.6) is 5.75 Å². The molecule has 0 radical (unpaired) electrons. The molecule has 136 valence electrons. The Morgan fingerprint density at radius 1 is 1.15 bits per heavy atom. The number of piperidine rings is 1. The second-order valence-electron chi connectivity index (χ2n) is 7.18. The SMILES string of the molecule is OC1(COc2ccc(F)cc2)CCCN(Cc2ccc3cc[nH]c3c2)C1. The fourth-order valence-corrected chi connectivity index (χ4v) is 3.66. The van der Waals surface area contributed by atoms with Gasteiger partial charge in [-0.15, -0.1) is 0 Å². The van der Waals surface area contributed by atoms with Crippen LogP contribution in [0, 0.1) is 5.82 Å². The van der Waals surface area contributed by atoms with Gasteiger partial charge in [-0.2, -0.15) is 0 Å². The zero-order chi connectivity index (χ0) is 18.0. The Labute approximate surface area is 152 Å². The largest absolute Gasteiger partial charge is 0.491 e. The number of nitrogens with one attached hydrogen (secondary N) is 1. The van der Waals surface area contributed by atoms with Crippen molar-refractivity contribution in [1.82, 2.24) is 9.88 Å². The number of hydrogen-bond donors (Lipinski definition) is 2. The van der Waals surface area contributed by atoms with Crippen LogP contribution in [0.15, 0.2) is 54.7 Å². The predicted octanol–water partition coefficient (Wildman–Crippen LogP) is 3.71. The van der Waals surface area contributed by atoms with Crippen molar-refractivity contribution in [1.29, 1.82) is 0 Å². The van der Waals surface area contributed by atoms with E-state index in [4.69, 9.17) is 4.74 Å². The third-order valence-electron chi connectivity index (χ3n) is 4.98. The number of aromatic amines is 1. The first-order valence-corrected chi connectivity index (χ1v) is 8.99. The molecule has 1 aliphatic rings. The summed E-state index contributed by atoms with van der Waals surface area (Å²) >= 11 is 0. The van der Waals surface area contributed by atoms with E-state index in [0.29, 0.717) is 18.7 Å². The van der Waals surface area contributed by atoms with Crippen molar-refractivity contribution in [3.8, 4) is 5.75 Å². The van der Waals surface area contributed by atoms with Crippen molar-refractivity contribution in [3.05, 3.63) is 66.1 Å². The standard InChI is InChI=1S/C21H23FN2O2/c22-18-4-6-19(7-5-18)26-15-21(25)9-1-11-24(14-21)13-16-2-3-17-8-10-23-20(17)12-16/h2-8,10,12,23,25H,1,9,11,13-15H2. The average molecular weight is 354 g/mol. The van der Waals surface area contributed by atoms with Gasteiger partial charge in [0.05, 0.1) is 0 Å². The minimum atomic E-state index is -0.886. The highest BCUT2D eigenvalue weighted by Gasteiger charge is 2.34. The van der Waals surface area contributed by atoms with Crippen LogP contribution in [0.2, 0.25) is 0 Å². The van der Waals surface area contributed by atoms with Crippen molar-refractivity contribution in [2.45, 2.75) is 25.0 Å². The monoisotopic (exact) mass is 354 g/mol. The first kappa shape index (κ1) is 17.1. The van der Waals surface area contributed by atoms with Gasteiger partial charge in [-0.1, -0.05) is 12.1 Å². The molecule has 2 heterocycles. The van der Waals surface area contributed by atoms with E-state index in [9.17, 15) is 9.50 Å². The number of aromatic nitrogens is 1. The zero-order valence-corrected chi connectivity index (χ0v) is 14.6. The van der Waals surface area contributed by atoms with E-state index in [0.717, 1.165) is 25.0 Å². The number of rotatable bonds is 5. The van der Waals surface area contributed by atoms with Crippen LogP contribution < -0.4 is 4.74 Å². The molecule has 4 rings (SSSR count). The molecule has 1 aromatic heterocycles. The van der Waals surface area contributed by atoms with Crippen LogP contribution in [-0.2, 0) is 6.54 Å². The Balaban J connectivity index is 1.38. The molecule has 1 aliphatic heterocycles. The molecule has 1 saturated heterocycles. The van der Waals surface area contributed by atoms with Crippen LogP contribution in [-0.4, -0.2) is 40.3 Å². The molecular formula is C21H23FN2O2. The minimum absolute atomic E-state index is 0.213. The molecule has 1 atom stereocenters. The van der Waals surface area contributed by atoms with Crippen LogP contribution in [0.3, 0.4) is 0 Å². The number of H-pyrrole nitrogens is 1. The number of β-amino-alcohol motifs (C(OH)–C–C–N with tert-alkyl or cyclic N) is 1. The second-order valence-corrected chi connectivity index (χ2v) is 7.18. The summed E-state index contributed by atoms with van der Waals surface area (Å²) in [6, 6.07) is 14.4. The van der Waals surface area contributed by atoms with E-state index >= 15 is 0 Å². The van der Waals surface area contributed by atoms with Gasteiger partial charge in [0.1, 0.15) is 23.8 Å². The lowest BCUT2D eigenvalue weighted by molar-refractivity contribution is -0.0621. The van der Waals surface area contributed by atoms with Gasteiger partial charge in [-0.25, -0.2) is 4.39 Å². The molecule has 26 heavy (non-hydrogen) atoms. The third kappa shape index (κ3) is 3.89. The van der Waals surface area contributed by atoms with Crippen molar-refractivity contribution in [2.75, 3.05) is 19.7 Å². The van der Waals surface area contributed by atoms with Gasteiger partial charge in [0, 0.05) is 24.8 Å². The number of ether oxygens (including phenoxy) is 1. The summed E-state index contributed by atoms with van der Waals surface area (Å²) in [6.07, 6.45) is 3.58. The van der Waals surface area contributed by atoms with Crippen LogP contribution in [0.4, 0.5) is 4.39 Å². The first-order valence-electron chi connectivity index (χ1n) is 8.99. The Bertz CT molecular complexity index is 877. The number of fused-ring (bicyclic) bond motifs is 1. The summed E-state index contributed by atoms with van der Waals surface area (Å²) in [5.41, 5.74) is 1.47. The summed E-state index contributed by atoms with van der Waals surface area (Å²) in [6.45, 7) is 2.54. The number of likely N-dealkylation sites (tertiary alicyclic amines) is 1. The number of benzene rings is 2. The molecule has 0 aliphatic carbocycles. The van der Waals surface area contributed by atoms with Gasteiger partial charge in [-0.05, 0) is 66.7 Å². The second kappa shape index (κ2) is 7.09. The zero-order valence-electron chi connectivity index (χ0n) is 14.6. The van der Waals surface area contributed by atoms with Crippen molar-refractivity contribution < 1.29 is 14.2 Å². The maximum atomic E-state index is 13.0. The number of halogens is 1. The maximum absolute atomic E-state index is 13.0. The van der Waals surface area contributed by atoms with Crippen LogP contribution >= 0.6 is 0 Å². The van der Waals surface area contributed by atoms with E-state index in [2.05, 4.69) is 34.1 Å². The lowest BCUT2D eigenvalue weighted by Crippen LogP contribution is -2.51. The van der Waals surface area contributed by atoms with Gasteiger partial charge in [0.2, 0.25) is 0 Å². The molecule has 2 aromatic carbocycles. The molecule has 4 nitrogen and oxygen atoms in total. The molecule has 2 N–H and O–H groups in total. The molecule has 0 saturated carbocycles. The normalized spacial score (nSPS) is 21.2. The molecule has 3 aromatic rings. The quantitative estimate of drug-likeness (QED) is 0.734. The van der Waals surface area contributed by atoms with Gasteiger partial charge in [0.15, 0.2) is 0 Å². The average Bonchev–Trinajstić information content (AvgIpc) is 3.09.